The molecule has 0 aromatic heterocycles. The first kappa shape index (κ1) is 18.3. The van der Waals surface area contributed by atoms with E-state index in [2.05, 4.69) is 0 Å². The quantitative estimate of drug-likeness (QED) is 0.330. The molecule has 114 valence electrons. The Labute approximate surface area is 118 Å². The molecule has 0 fully saturated rings. The molecule has 0 atom stereocenters. The molecule has 0 aromatic rings. The smallest absolute Gasteiger partial charge is 0.306 e. The molecule has 20 heavy (non-hydrogen) atoms. The van der Waals surface area contributed by atoms with Crippen molar-refractivity contribution in [3.8, 4) is 0 Å². The Bertz CT molecular complexity index is 290. The number of unbranched alkanes of at least 4 members (excludes halogenated alkanes) is 1. The Hall–Kier alpha value is -1.66. The number of carbonyl (C=O) groups is 2. The molecule has 6 nitrogen and oxygen atoms in total. The maximum atomic E-state index is 11.2. The van der Waals surface area contributed by atoms with Gasteiger partial charge in [-0.3, -0.25) is 9.59 Å². The number of rotatable bonds is 11. The van der Waals surface area contributed by atoms with Crippen LogP contribution in [-0.2, 0) is 19.1 Å². The average molecular weight is 286 g/mol. The zero-order valence-electron chi connectivity index (χ0n) is 11.5. The molecular weight excluding hydrogens is 264 g/mol. The van der Waals surface area contributed by atoms with Gasteiger partial charge in [-0.05, 0) is 25.0 Å². The van der Waals surface area contributed by atoms with Gasteiger partial charge in [0.2, 0.25) is 0 Å². The Morgan fingerprint density at radius 1 is 0.750 bits per heavy atom. The predicted molar refractivity (Wildman–Crippen MR) is 72.8 cm³/mol. The molecule has 0 bridgehead atoms. The van der Waals surface area contributed by atoms with Crippen LogP contribution in [0.3, 0.4) is 0 Å². The zero-order valence-corrected chi connectivity index (χ0v) is 11.5. The molecule has 0 aliphatic carbocycles. The molecule has 0 amide bonds. The summed E-state index contributed by atoms with van der Waals surface area (Å²) in [5.74, 6) is -0.654. The molecule has 0 radical (unpaired) electrons. The highest BCUT2D eigenvalue weighted by Crippen LogP contribution is 2.03. The van der Waals surface area contributed by atoms with Crippen LogP contribution in [0.5, 0.6) is 0 Å². The van der Waals surface area contributed by atoms with Gasteiger partial charge >= 0.3 is 11.9 Å². The second-order valence-corrected chi connectivity index (χ2v) is 3.88. The van der Waals surface area contributed by atoms with Gasteiger partial charge in [-0.15, -0.1) is 0 Å². The first-order chi connectivity index (χ1) is 9.70. The first-order valence-corrected chi connectivity index (χ1v) is 6.53. The van der Waals surface area contributed by atoms with Gasteiger partial charge in [0.05, 0.1) is 13.2 Å². The van der Waals surface area contributed by atoms with Crippen LogP contribution < -0.4 is 0 Å². The minimum atomic E-state index is -0.327. The molecule has 0 saturated carbocycles. The lowest BCUT2D eigenvalue weighted by molar-refractivity contribution is -0.144. The third-order valence-electron chi connectivity index (χ3n) is 2.24. The lowest BCUT2D eigenvalue weighted by Crippen LogP contribution is -2.06. The third-order valence-corrected chi connectivity index (χ3v) is 2.24. The SMILES string of the molecule is O=C(CCCCC(=O)OCC=CCO)OCC=CCO. The van der Waals surface area contributed by atoms with E-state index in [4.69, 9.17) is 19.7 Å². The molecule has 0 saturated heterocycles. The second-order valence-electron chi connectivity index (χ2n) is 3.88. The molecule has 2 N–H and O–H groups in total. The van der Waals surface area contributed by atoms with Crippen LogP contribution in [-0.4, -0.2) is 48.6 Å². The van der Waals surface area contributed by atoms with Crippen molar-refractivity contribution in [3.63, 3.8) is 0 Å². The Kier molecular flexibility index (Phi) is 12.6. The fourth-order valence-electron chi connectivity index (χ4n) is 1.25. The number of aliphatic hydroxyl groups is 2. The number of ether oxygens (including phenoxy) is 2. The van der Waals surface area contributed by atoms with E-state index in [1.54, 1.807) is 12.2 Å². The standard InChI is InChI=1S/C14H22O6/c15-9-3-5-11-19-13(17)7-1-2-8-14(18)20-12-6-4-10-16/h3-6,15-16H,1-2,7-12H2. The summed E-state index contributed by atoms with van der Waals surface area (Å²) in [5.41, 5.74) is 0. The van der Waals surface area contributed by atoms with Gasteiger partial charge in [0.25, 0.3) is 0 Å². The van der Waals surface area contributed by atoms with Gasteiger partial charge < -0.3 is 19.7 Å². The van der Waals surface area contributed by atoms with E-state index in [0.717, 1.165) is 0 Å². The monoisotopic (exact) mass is 286 g/mol. The van der Waals surface area contributed by atoms with Crippen molar-refractivity contribution in [1.82, 2.24) is 0 Å². The van der Waals surface area contributed by atoms with Crippen LogP contribution in [0.15, 0.2) is 24.3 Å². The van der Waals surface area contributed by atoms with Gasteiger partial charge in [-0.2, -0.15) is 0 Å². The fourth-order valence-corrected chi connectivity index (χ4v) is 1.25. The van der Waals surface area contributed by atoms with Crippen LogP contribution >= 0.6 is 0 Å². The number of esters is 2. The van der Waals surface area contributed by atoms with Crippen LogP contribution in [0.4, 0.5) is 0 Å². The molecule has 0 rings (SSSR count). The lowest BCUT2D eigenvalue weighted by Gasteiger charge is -2.03. The Morgan fingerprint density at radius 3 is 1.50 bits per heavy atom. The first-order valence-electron chi connectivity index (χ1n) is 6.53. The van der Waals surface area contributed by atoms with Gasteiger partial charge in [0, 0.05) is 12.8 Å². The van der Waals surface area contributed by atoms with Crippen LogP contribution in [0.25, 0.3) is 0 Å². The summed E-state index contributed by atoms with van der Waals surface area (Å²) >= 11 is 0. The van der Waals surface area contributed by atoms with Crippen molar-refractivity contribution in [2.24, 2.45) is 0 Å². The second kappa shape index (κ2) is 13.8. The molecular formula is C14H22O6. The van der Waals surface area contributed by atoms with Crippen molar-refractivity contribution in [1.29, 1.82) is 0 Å². The number of hydrogen-bond acceptors (Lipinski definition) is 6. The topological polar surface area (TPSA) is 93.1 Å². The van der Waals surface area contributed by atoms with Gasteiger partial charge in [0.1, 0.15) is 13.2 Å². The number of carbonyl (C=O) groups excluding carboxylic acids is 2. The molecule has 0 aliphatic heterocycles. The molecule has 0 aromatic carbocycles. The number of aliphatic hydroxyl groups excluding tert-OH is 2. The summed E-state index contributed by atoms with van der Waals surface area (Å²) in [6.45, 7) is 0.150. The minimum Gasteiger partial charge on any atom is -0.461 e. The van der Waals surface area contributed by atoms with Gasteiger partial charge in [-0.1, -0.05) is 12.2 Å². The highest BCUT2D eigenvalue weighted by atomic mass is 16.5. The van der Waals surface area contributed by atoms with E-state index in [0.29, 0.717) is 12.8 Å². The van der Waals surface area contributed by atoms with Crippen LogP contribution in [0.1, 0.15) is 25.7 Å². The van der Waals surface area contributed by atoms with Crippen molar-refractivity contribution >= 4 is 11.9 Å². The van der Waals surface area contributed by atoms with E-state index in [1.807, 2.05) is 0 Å². The summed E-state index contributed by atoms with van der Waals surface area (Å²) in [5, 5.41) is 16.9. The molecule has 0 spiro atoms. The largest absolute Gasteiger partial charge is 0.461 e. The molecule has 6 heteroatoms. The van der Waals surface area contributed by atoms with E-state index < -0.39 is 0 Å². The predicted octanol–water partition coefficient (Wildman–Crippen LogP) is 0.730. The molecule has 0 aliphatic rings. The normalized spacial score (nSPS) is 11.1. The van der Waals surface area contributed by atoms with Crippen molar-refractivity contribution in [2.45, 2.75) is 25.7 Å². The maximum absolute atomic E-state index is 11.2. The fraction of sp³-hybridized carbons (Fsp3) is 0.571. The Morgan fingerprint density at radius 2 is 1.15 bits per heavy atom. The van der Waals surface area contributed by atoms with E-state index in [-0.39, 0.29) is 51.2 Å². The van der Waals surface area contributed by atoms with Crippen molar-refractivity contribution < 1.29 is 29.3 Å². The highest BCUT2D eigenvalue weighted by Gasteiger charge is 2.05. The molecule has 0 unspecified atom stereocenters. The van der Waals surface area contributed by atoms with Crippen LogP contribution in [0, 0.1) is 0 Å². The van der Waals surface area contributed by atoms with Crippen molar-refractivity contribution in [2.75, 3.05) is 26.4 Å². The third kappa shape index (κ3) is 12.8. The van der Waals surface area contributed by atoms with E-state index >= 15 is 0 Å². The minimum absolute atomic E-state index is 0.0762. The van der Waals surface area contributed by atoms with Gasteiger partial charge in [-0.25, -0.2) is 0 Å². The van der Waals surface area contributed by atoms with E-state index in [9.17, 15) is 9.59 Å². The van der Waals surface area contributed by atoms with Crippen molar-refractivity contribution in [3.05, 3.63) is 24.3 Å². The summed E-state index contributed by atoms with van der Waals surface area (Å²) in [4.78, 5) is 22.5. The van der Waals surface area contributed by atoms with E-state index in [1.165, 1.54) is 12.2 Å². The number of hydrogen-bond donors (Lipinski definition) is 2. The summed E-state index contributed by atoms with van der Waals surface area (Å²) < 4.78 is 9.71. The molecule has 0 heterocycles. The van der Waals surface area contributed by atoms with Crippen LogP contribution in [0.2, 0.25) is 0 Å². The summed E-state index contributed by atoms with van der Waals surface area (Å²) in [7, 11) is 0. The maximum Gasteiger partial charge on any atom is 0.306 e. The highest BCUT2D eigenvalue weighted by molar-refractivity contribution is 5.70. The summed E-state index contributed by atoms with van der Waals surface area (Å²) in [6, 6.07) is 0. The summed E-state index contributed by atoms with van der Waals surface area (Å²) in [6.07, 6.45) is 7.75. The zero-order chi connectivity index (χ0) is 15.1. The lowest BCUT2D eigenvalue weighted by atomic mass is 10.2. The van der Waals surface area contributed by atoms with Gasteiger partial charge in [0.15, 0.2) is 0 Å². The average Bonchev–Trinajstić information content (AvgIpc) is 2.44. The Balaban J connectivity index is 3.46.